The number of carbonyl (C=O) groups is 1. The van der Waals surface area contributed by atoms with E-state index in [9.17, 15) is 9.90 Å². The zero-order valence-electron chi connectivity index (χ0n) is 15.2. The molecule has 0 atom stereocenters. The molecule has 0 fully saturated rings. The Hall–Kier alpha value is -3.27. The van der Waals surface area contributed by atoms with E-state index in [4.69, 9.17) is 9.84 Å². The predicted octanol–water partition coefficient (Wildman–Crippen LogP) is 4.96. The van der Waals surface area contributed by atoms with Gasteiger partial charge in [0.15, 0.2) is 0 Å². The first-order valence-corrected chi connectivity index (χ1v) is 8.84. The van der Waals surface area contributed by atoms with Crippen LogP contribution in [0.5, 0.6) is 11.5 Å². The molecular formula is C23H22O4. The highest BCUT2D eigenvalue weighted by Gasteiger charge is 2.05. The molecule has 0 spiro atoms. The van der Waals surface area contributed by atoms with Gasteiger partial charge in [0.05, 0.1) is 0 Å². The van der Waals surface area contributed by atoms with E-state index in [-0.39, 0.29) is 12.2 Å². The summed E-state index contributed by atoms with van der Waals surface area (Å²) in [5, 5.41) is 18.3. The molecule has 0 radical (unpaired) electrons. The predicted molar refractivity (Wildman–Crippen MR) is 105 cm³/mol. The number of phenolic OH excluding ortho intramolecular Hbond substituents is 1. The molecule has 3 aromatic carbocycles. The van der Waals surface area contributed by atoms with Crippen molar-refractivity contribution in [2.45, 2.75) is 26.4 Å². The minimum absolute atomic E-state index is 0.129. The highest BCUT2D eigenvalue weighted by molar-refractivity contribution is 5.68. The number of aromatic hydroxyl groups is 1. The molecule has 0 aliphatic carbocycles. The molecule has 0 saturated carbocycles. The first-order valence-electron chi connectivity index (χ1n) is 8.84. The fourth-order valence-electron chi connectivity index (χ4n) is 2.97. The van der Waals surface area contributed by atoms with Crippen LogP contribution in [0, 0.1) is 6.92 Å². The highest BCUT2D eigenvalue weighted by Crippen LogP contribution is 2.27. The summed E-state index contributed by atoms with van der Waals surface area (Å²) in [6, 6.07) is 21.0. The van der Waals surface area contributed by atoms with Crippen molar-refractivity contribution in [3.05, 3.63) is 83.4 Å². The van der Waals surface area contributed by atoms with Crippen molar-refractivity contribution in [2.75, 3.05) is 0 Å². The zero-order valence-corrected chi connectivity index (χ0v) is 15.2. The summed E-state index contributed by atoms with van der Waals surface area (Å²) < 4.78 is 5.86. The molecule has 0 aliphatic heterocycles. The molecule has 0 aromatic heterocycles. The van der Waals surface area contributed by atoms with Crippen LogP contribution in [-0.4, -0.2) is 16.2 Å². The molecule has 0 saturated heterocycles. The Kier molecular flexibility index (Phi) is 5.77. The summed E-state index contributed by atoms with van der Waals surface area (Å²) >= 11 is 0. The van der Waals surface area contributed by atoms with Gasteiger partial charge in [0, 0.05) is 6.42 Å². The summed E-state index contributed by atoms with van der Waals surface area (Å²) in [7, 11) is 0. The average Bonchev–Trinajstić information content (AvgIpc) is 2.66. The number of phenols is 1. The number of hydrogen-bond donors (Lipinski definition) is 2. The van der Waals surface area contributed by atoms with E-state index < -0.39 is 5.97 Å². The summed E-state index contributed by atoms with van der Waals surface area (Å²) in [5.41, 5.74) is 5.21. The lowest BCUT2D eigenvalue weighted by atomic mass is 9.99. The Balaban J connectivity index is 1.65. The van der Waals surface area contributed by atoms with Crippen LogP contribution in [0.2, 0.25) is 0 Å². The fourth-order valence-corrected chi connectivity index (χ4v) is 2.97. The average molecular weight is 362 g/mol. The molecule has 3 rings (SSSR count). The van der Waals surface area contributed by atoms with Gasteiger partial charge in [-0.15, -0.1) is 0 Å². The van der Waals surface area contributed by atoms with Gasteiger partial charge in [-0.2, -0.15) is 0 Å². The van der Waals surface area contributed by atoms with Crippen LogP contribution in [-0.2, 0) is 17.8 Å². The molecule has 0 amide bonds. The second-order valence-electron chi connectivity index (χ2n) is 6.53. The summed E-state index contributed by atoms with van der Waals surface area (Å²) in [6.45, 7) is 2.42. The summed E-state index contributed by atoms with van der Waals surface area (Å²) in [6.07, 6.45) is 0.646. The summed E-state index contributed by atoms with van der Waals surface area (Å²) in [5.74, 6) is 0.224. The SMILES string of the molecule is Cc1cc(O)ccc1-c1cccc(COc2ccc(CCC(=O)O)cc2)c1. The number of carboxylic acids is 1. The lowest BCUT2D eigenvalue weighted by molar-refractivity contribution is -0.136. The van der Waals surface area contributed by atoms with Crippen LogP contribution in [0.1, 0.15) is 23.1 Å². The molecule has 3 aromatic rings. The minimum Gasteiger partial charge on any atom is -0.508 e. The normalized spacial score (nSPS) is 10.6. The number of carboxylic acid groups (broad SMARTS) is 1. The van der Waals surface area contributed by atoms with E-state index in [1.165, 1.54) is 0 Å². The van der Waals surface area contributed by atoms with Gasteiger partial charge in [-0.3, -0.25) is 4.79 Å². The lowest BCUT2D eigenvalue weighted by Gasteiger charge is -2.10. The first kappa shape index (κ1) is 18.5. The quantitative estimate of drug-likeness (QED) is 0.623. The third-order valence-corrected chi connectivity index (χ3v) is 4.40. The van der Waals surface area contributed by atoms with Crippen molar-refractivity contribution in [3.8, 4) is 22.6 Å². The van der Waals surface area contributed by atoms with E-state index in [1.54, 1.807) is 12.1 Å². The van der Waals surface area contributed by atoms with Gasteiger partial charge >= 0.3 is 5.97 Å². The lowest BCUT2D eigenvalue weighted by Crippen LogP contribution is -1.98. The Morgan fingerprint density at radius 3 is 2.44 bits per heavy atom. The fraction of sp³-hybridized carbons (Fsp3) is 0.174. The van der Waals surface area contributed by atoms with E-state index in [0.29, 0.717) is 13.0 Å². The Bertz CT molecular complexity index is 929. The molecule has 0 unspecified atom stereocenters. The molecule has 0 aliphatic rings. The van der Waals surface area contributed by atoms with Crippen molar-refractivity contribution >= 4 is 5.97 Å². The molecule has 27 heavy (non-hydrogen) atoms. The van der Waals surface area contributed by atoms with Gasteiger partial charge in [-0.1, -0.05) is 36.4 Å². The Morgan fingerprint density at radius 1 is 0.963 bits per heavy atom. The van der Waals surface area contributed by atoms with Gasteiger partial charge in [-0.05, 0) is 71.5 Å². The smallest absolute Gasteiger partial charge is 0.303 e. The largest absolute Gasteiger partial charge is 0.508 e. The summed E-state index contributed by atoms with van der Waals surface area (Å²) in [4.78, 5) is 10.6. The van der Waals surface area contributed by atoms with Gasteiger partial charge in [0.1, 0.15) is 18.1 Å². The maximum absolute atomic E-state index is 10.6. The number of ether oxygens (including phenoxy) is 1. The van der Waals surface area contributed by atoms with Gasteiger partial charge in [0.25, 0.3) is 0 Å². The van der Waals surface area contributed by atoms with Crippen LogP contribution in [0.4, 0.5) is 0 Å². The number of aryl methyl sites for hydroxylation is 2. The van der Waals surface area contributed by atoms with Crippen LogP contribution in [0.25, 0.3) is 11.1 Å². The minimum atomic E-state index is -0.793. The van der Waals surface area contributed by atoms with Crippen LogP contribution in [0.15, 0.2) is 66.7 Å². The number of benzene rings is 3. The standard InChI is InChI=1S/C23H22O4/c1-16-13-20(24)8-11-22(16)19-4-2-3-18(14-19)15-27-21-9-5-17(6-10-21)7-12-23(25)26/h2-6,8-11,13-14,24H,7,12,15H2,1H3,(H,25,26). The van der Waals surface area contributed by atoms with Gasteiger partial charge in [-0.25, -0.2) is 0 Å². The second kappa shape index (κ2) is 8.41. The van der Waals surface area contributed by atoms with E-state index in [1.807, 2.05) is 55.5 Å². The van der Waals surface area contributed by atoms with Crippen molar-refractivity contribution in [2.24, 2.45) is 0 Å². The number of rotatable bonds is 7. The maximum atomic E-state index is 10.6. The number of aliphatic carboxylic acids is 1. The van der Waals surface area contributed by atoms with E-state index in [2.05, 4.69) is 6.07 Å². The molecule has 4 heteroatoms. The highest BCUT2D eigenvalue weighted by atomic mass is 16.5. The van der Waals surface area contributed by atoms with Crippen molar-refractivity contribution < 1.29 is 19.7 Å². The topological polar surface area (TPSA) is 66.8 Å². The molecule has 2 N–H and O–H groups in total. The van der Waals surface area contributed by atoms with Crippen LogP contribution < -0.4 is 4.74 Å². The van der Waals surface area contributed by atoms with Crippen molar-refractivity contribution in [1.82, 2.24) is 0 Å². The van der Waals surface area contributed by atoms with Crippen molar-refractivity contribution in [1.29, 1.82) is 0 Å². The first-order chi connectivity index (χ1) is 13.0. The third-order valence-electron chi connectivity index (χ3n) is 4.40. The van der Waals surface area contributed by atoms with Crippen LogP contribution in [0.3, 0.4) is 0 Å². The Morgan fingerprint density at radius 2 is 1.74 bits per heavy atom. The van der Waals surface area contributed by atoms with Gasteiger partial charge in [0.2, 0.25) is 0 Å². The Labute approximate surface area is 158 Å². The maximum Gasteiger partial charge on any atom is 0.303 e. The van der Waals surface area contributed by atoms with Gasteiger partial charge < -0.3 is 14.9 Å². The third kappa shape index (κ3) is 5.11. The molecule has 138 valence electrons. The van der Waals surface area contributed by atoms with Crippen LogP contribution >= 0.6 is 0 Å². The number of hydrogen-bond acceptors (Lipinski definition) is 3. The second-order valence-corrected chi connectivity index (χ2v) is 6.53. The van der Waals surface area contributed by atoms with E-state index in [0.717, 1.165) is 33.6 Å². The molecule has 0 bridgehead atoms. The van der Waals surface area contributed by atoms with E-state index >= 15 is 0 Å². The zero-order chi connectivity index (χ0) is 19.2. The van der Waals surface area contributed by atoms with Crippen molar-refractivity contribution in [3.63, 3.8) is 0 Å². The monoisotopic (exact) mass is 362 g/mol. The molecule has 0 heterocycles. The molecular weight excluding hydrogens is 340 g/mol. The molecule has 4 nitrogen and oxygen atoms in total.